The molecule has 1 saturated carbocycles. The number of rotatable bonds is 9. The lowest BCUT2D eigenvalue weighted by Crippen LogP contribution is -2.35. The summed E-state index contributed by atoms with van der Waals surface area (Å²) < 4.78 is 0. The van der Waals surface area contributed by atoms with Crippen LogP contribution in [0.2, 0.25) is 0 Å². The van der Waals surface area contributed by atoms with E-state index in [2.05, 4.69) is 26.1 Å². The van der Waals surface area contributed by atoms with Crippen LogP contribution >= 0.6 is 0 Å². The second-order valence-electron chi connectivity index (χ2n) is 5.36. The van der Waals surface area contributed by atoms with Crippen molar-refractivity contribution >= 4 is 0 Å². The van der Waals surface area contributed by atoms with Crippen molar-refractivity contribution < 1.29 is 0 Å². The molecule has 1 rings (SSSR count). The first-order valence-corrected chi connectivity index (χ1v) is 6.99. The van der Waals surface area contributed by atoms with E-state index >= 15 is 0 Å². The van der Waals surface area contributed by atoms with Gasteiger partial charge in [0.2, 0.25) is 0 Å². The van der Waals surface area contributed by atoms with E-state index in [0.29, 0.717) is 5.41 Å². The highest BCUT2D eigenvalue weighted by atomic mass is 15.0. The van der Waals surface area contributed by atoms with Gasteiger partial charge in [-0.15, -0.1) is 0 Å². The summed E-state index contributed by atoms with van der Waals surface area (Å²) in [6.07, 6.45) is 11.1. The molecule has 0 amide bonds. The van der Waals surface area contributed by atoms with E-state index in [-0.39, 0.29) is 0 Å². The van der Waals surface area contributed by atoms with Gasteiger partial charge in [0.15, 0.2) is 0 Å². The normalized spacial score (nSPS) is 20.2. The van der Waals surface area contributed by atoms with E-state index < -0.39 is 0 Å². The van der Waals surface area contributed by atoms with Gasteiger partial charge in [-0.25, -0.2) is 0 Å². The first kappa shape index (κ1) is 13.0. The van der Waals surface area contributed by atoms with E-state index in [0.717, 1.165) is 6.04 Å². The Morgan fingerprint density at radius 1 is 1.07 bits per heavy atom. The van der Waals surface area contributed by atoms with Crippen LogP contribution < -0.4 is 5.32 Å². The smallest absolute Gasteiger partial charge is 0.00684 e. The fraction of sp³-hybridized carbons (Fsp3) is 1.00. The maximum Gasteiger partial charge on any atom is 0.00684 e. The average Bonchev–Trinajstić information content (AvgIpc) is 3.06. The van der Waals surface area contributed by atoms with E-state index in [1.54, 1.807) is 0 Å². The molecule has 1 fully saturated rings. The molecule has 0 spiro atoms. The predicted molar refractivity (Wildman–Crippen MR) is 68.2 cm³/mol. The molecule has 90 valence electrons. The highest BCUT2D eigenvalue weighted by Gasteiger charge is 2.29. The van der Waals surface area contributed by atoms with Gasteiger partial charge in [0.1, 0.15) is 0 Å². The summed E-state index contributed by atoms with van der Waals surface area (Å²) in [7, 11) is 0. The Kier molecular flexibility index (Phi) is 5.66. The third kappa shape index (κ3) is 4.55. The monoisotopic (exact) mass is 211 g/mol. The molecule has 0 aliphatic heterocycles. The molecular weight excluding hydrogens is 182 g/mol. The van der Waals surface area contributed by atoms with Crippen LogP contribution in [-0.4, -0.2) is 12.6 Å². The molecule has 0 aromatic heterocycles. The first-order valence-electron chi connectivity index (χ1n) is 6.99. The minimum Gasteiger partial charge on any atom is -0.313 e. The van der Waals surface area contributed by atoms with Crippen LogP contribution in [0.15, 0.2) is 0 Å². The minimum atomic E-state index is 0.605. The molecule has 0 heterocycles. The maximum atomic E-state index is 3.74. The van der Waals surface area contributed by atoms with Gasteiger partial charge in [0.05, 0.1) is 0 Å². The SMILES string of the molecule is CCCCC(CC)(CCC)CNC1CC1. The Labute approximate surface area is 96.0 Å². The van der Waals surface area contributed by atoms with Crippen molar-refractivity contribution in [1.29, 1.82) is 0 Å². The predicted octanol–water partition coefficient (Wildman–Crippen LogP) is 4.13. The van der Waals surface area contributed by atoms with Gasteiger partial charge in [0.25, 0.3) is 0 Å². The Morgan fingerprint density at radius 3 is 2.27 bits per heavy atom. The topological polar surface area (TPSA) is 12.0 Å². The second-order valence-corrected chi connectivity index (χ2v) is 5.36. The maximum absolute atomic E-state index is 3.74. The second kappa shape index (κ2) is 6.52. The van der Waals surface area contributed by atoms with Crippen LogP contribution in [0.3, 0.4) is 0 Å². The van der Waals surface area contributed by atoms with Gasteiger partial charge >= 0.3 is 0 Å². The van der Waals surface area contributed by atoms with E-state index in [9.17, 15) is 0 Å². The zero-order chi connectivity index (χ0) is 11.1. The average molecular weight is 211 g/mol. The van der Waals surface area contributed by atoms with Crippen LogP contribution in [-0.2, 0) is 0 Å². The van der Waals surface area contributed by atoms with Crippen LogP contribution in [0.1, 0.15) is 72.1 Å². The van der Waals surface area contributed by atoms with Crippen LogP contribution in [0.4, 0.5) is 0 Å². The van der Waals surface area contributed by atoms with Gasteiger partial charge in [-0.2, -0.15) is 0 Å². The molecule has 1 aliphatic rings. The lowest BCUT2D eigenvalue weighted by molar-refractivity contribution is 0.209. The molecule has 1 atom stereocenters. The van der Waals surface area contributed by atoms with Crippen molar-refractivity contribution in [1.82, 2.24) is 5.32 Å². The molecule has 0 aromatic rings. The highest BCUT2D eigenvalue weighted by Crippen LogP contribution is 2.34. The Balaban J connectivity index is 2.37. The van der Waals surface area contributed by atoms with Gasteiger partial charge in [0, 0.05) is 12.6 Å². The summed E-state index contributed by atoms with van der Waals surface area (Å²) in [5.74, 6) is 0. The van der Waals surface area contributed by atoms with Crippen LogP contribution in [0.25, 0.3) is 0 Å². The summed E-state index contributed by atoms with van der Waals surface area (Å²) in [4.78, 5) is 0. The summed E-state index contributed by atoms with van der Waals surface area (Å²) in [5.41, 5.74) is 0.605. The summed E-state index contributed by atoms with van der Waals surface area (Å²) in [5, 5.41) is 3.74. The summed E-state index contributed by atoms with van der Waals surface area (Å²) in [6, 6.07) is 0.870. The van der Waals surface area contributed by atoms with Gasteiger partial charge in [-0.1, -0.05) is 40.0 Å². The van der Waals surface area contributed by atoms with Gasteiger partial charge < -0.3 is 5.32 Å². The quantitative estimate of drug-likeness (QED) is 0.605. The lowest BCUT2D eigenvalue weighted by Gasteiger charge is -2.33. The molecule has 1 unspecified atom stereocenters. The molecular formula is C14H29N. The molecule has 0 bridgehead atoms. The van der Waals surface area contributed by atoms with Crippen LogP contribution in [0, 0.1) is 5.41 Å². The Hall–Kier alpha value is -0.0400. The molecule has 1 nitrogen and oxygen atoms in total. The van der Waals surface area contributed by atoms with Gasteiger partial charge in [-0.3, -0.25) is 0 Å². The van der Waals surface area contributed by atoms with Crippen molar-refractivity contribution in [2.24, 2.45) is 5.41 Å². The van der Waals surface area contributed by atoms with Crippen molar-refractivity contribution in [3.63, 3.8) is 0 Å². The van der Waals surface area contributed by atoms with E-state index in [1.807, 2.05) is 0 Å². The minimum absolute atomic E-state index is 0.605. The van der Waals surface area contributed by atoms with Crippen molar-refractivity contribution in [2.45, 2.75) is 78.2 Å². The zero-order valence-electron chi connectivity index (χ0n) is 10.9. The fourth-order valence-corrected chi connectivity index (χ4v) is 2.51. The zero-order valence-corrected chi connectivity index (χ0v) is 10.9. The van der Waals surface area contributed by atoms with Crippen molar-refractivity contribution in [2.75, 3.05) is 6.54 Å². The molecule has 1 heteroatoms. The molecule has 0 saturated heterocycles. The Bertz CT molecular complexity index is 163. The number of unbranched alkanes of at least 4 members (excludes halogenated alkanes) is 1. The van der Waals surface area contributed by atoms with E-state index in [4.69, 9.17) is 0 Å². The Morgan fingerprint density at radius 2 is 1.80 bits per heavy atom. The molecule has 1 N–H and O–H groups in total. The number of hydrogen-bond donors (Lipinski definition) is 1. The largest absolute Gasteiger partial charge is 0.313 e. The van der Waals surface area contributed by atoms with Crippen LogP contribution in [0.5, 0.6) is 0 Å². The standard InChI is InChI=1S/C14H29N/c1-4-7-11-14(6-3,10-5-2)12-15-13-8-9-13/h13,15H,4-12H2,1-3H3. The summed E-state index contributed by atoms with van der Waals surface area (Å²) >= 11 is 0. The van der Waals surface area contributed by atoms with Crippen molar-refractivity contribution in [3.8, 4) is 0 Å². The van der Waals surface area contributed by atoms with E-state index in [1.165, 1.54) is 57.9 Å². The molecule has 0 aromatic carbocycles. The highest BCUT2D eigenvalue weighted by molar-refractivity contribution is 4.87. The third-order valence-corrected chi connectivity index (χ3v) is 3.93. The first-order chi connectivity index (χ1) is 7.26. The number of nitrogens with one attached hydrogen (secondary N) is 1. The molecule has 0 radical (unpaired) electrons. The molecule has 1 aliphatic carbocycles. The lowest BCUT2D eigenvalue weighted by atomic mass is 9.76. The third-order valence-electron chi connectivity index (χ3n) is 3.93. The summed E-state index contributed by atoms with van der Waals surface area (Å²) in [6.45, 7) is 8.27. The molecule has 15 heavy (non-hydrogen) atoms. The van der Waals surface area contributed by atoms with Gasteiger partial charge in [-0.05, 0) is 37.5 Å². The van der Waals surface area contributed by atoms with Crippen molar-refractivity contribution in [3.05, 3.63) is 0 Å². The number of hydrogen-bond acceptors (Lipinski definition) is 1. The fourth-order valence-electron chi connectivity index (χ4n) is 2.51.